The average molecular weight is 278 g/mol. The molecule has 1 fully saturated rings. The number of hydrogen-bond acceptors (Lipinski definition) is 5. The number of nitrogens with one attached hydrogen (secondary N) is 1. The standard InChI is InChI=1S/C14H22N4O2/c1-10-7-13(17-15)12(8-16-10)14(19)18(2)9-11-3-5-20-6-4-11/h7-8,11H,3-6,9,15H2,1-2H3,(H,16,17). The molecule has 1 aliphatic rings. The van der Waals surface area contributed by atoms with Crippen LogP contribution in [0.5, 0.6) is 0 Å². The molecule has 0 radical (unpaired) electrons. The fraction of sp³-hybridized carbons (Fsp3) is 0.571. The van der Waals surface area contributed by atoms with Gasteiger partial charge in [0.2, 0.25) is 0 Å². The molecule has 1 aromatic heterocycles. The molecule has 1 amide bonds. The lowest BCUT2D eigenvalue weighted by atomic mass is 9.99. The number of pyridine rings is 1. The van der Waals surface area contributed by atoms with Crippen LogP contribution in [0.1, 0.15) is 28.9 Å². The highest BCUT2D eigenvalue weighted by molar-refractivity contribution is 5.99. The van der Waals surface area contributed by atoms with E-state index in [9.17, 15) is 4.79 Å². The second kappa shape index (κ2) is 6.67. The quantitative estimate of drug-likeness (QED) is 0.638. The molecule has 1 saturated heterocycles. The van der Waals surface area contributed by atoms with Crippen molar-refractivity contribution in [1.82, 2.24) is 9.88 Å². The van der Waals surface area contributed by atoms with Crippen LogP contribution < -0.4 is 11.3 Å². The molecule has 1 aliphatic heterocycles. The Labute approximate surface area is 119 Å². The fourth-order valence-electron chi connectivity index (χ4n) is 2.45. The number of amides is 1. The van der Waals surface area contributed by atoms with Gasteiger partial charge >= 0.3 is 0 Å². The predicted molar refractivity (Wildman–Crippen MR) is 77.3 cm³/mol. The molecule has 2 heterocycles. The van der Waals surface area contributed by atoms with Gasteiger partial charge in [0.05, 0.1) is 11.3 Å². The van der Waals surface area contributed by atoms with E-state index >= 15 is 0 Å². The number of hydrazine groups is 1. The van der Waals surface area contributed by atoms with Crippen molar-refractivity contribution in [2.45, 2.75) is 19.8 Å². The van der Waals surface area contributed by atoms with Crippen LogP contribution in [0.25, 0.3) is 0 Å². The summed E-state index contributed by atoms with van der Waals surface area (Å²) in [6.45, 7) is 4.17. The summed E-state index contributed by atoms with van der Waals surface area (Å²) in [6.07, 6.45) is 3.59. The van der Waals surface area contributed by atoms with E-state index in [1.807, 2.05) is 14.0 Å². The smallest absolute Gasteiger partial charge is 0.257 e. The first-order valence-corrected chi connectivity index (χ1v) is 6.88. The van der Waals surface area contributed by atoms with Gasteiger partial charge in [0.15, 0.2) is 0 Å². The molecular weight excluding hydrogens is 256 g/mol. The maximum absolute atomic E-state index is 12.5. The van der Waals surface area contributed by atoms with E-state index in [-0.39, 0.29) is 5.91 Å². The largest absolute Gasteiger partial charge is 0.381 e. The third-order valence-corrected chi connectivity index (χ3v) is 3.65. The van der Waals surface area contributed by atoms with E-state index in [1.165, 1.54) is 0 Å². The number of hydrogen-bond donors (Lipinski definition) is 2. The van der Waals surface area contributed by atoms with Gasteiger partial charge in [0.25, 0.3) is 5.91 Å². The van der Waals surface area contributed by atoms with Crippen molar-refractivity contribution in [2.24, 2.45) is 11.8 Å². The number of nitrogens with two attached hydrogens (primary N) is 1. The summed E-state index contributed by atoms with van der Waals surface area (Å²) >= 11 is 0. The minimum atomic E-state index is -0.0584. The molecule has 2 rings (SSSR count). The molecule has 6 nitrogen and oxygen atoms in total. The number of carbonyl (C=O) groups excluding carboxylic acids is 1. The fourth-order valence-corrected chi connectivity index (χ4v) is 2.45. The van der Waals surface area contributed by atoms with E-state index in [0.29, 0.717) is 17.2 Å². The van der Waals surface area contributed by atoms with Crippen molar-refractivity contribution in [3.63, 3.8) is 0 Å². The highest BCUT2D eigenvalue weighted by atomic mass is 16.5. The van der Waals surface area contributed by atoms with Crippen LogP contribution in [0.15, 0.2) is 12.3 Å². The summed E-state index contributed by atoms with van der Waals surface area (Å²) in [5.74, 6) is 5.92. The van der Waals surface area contributed by atoms with Crippen molar-refractivity contribution in [2.75, 3.05) is 32.2 Å². The number of aromatic nitrogens is 1. The zero-order chi connectivity index (χ0) is 14.5. The third-order valence-electron chi connectivity index (χ3n) is 3.65. The van der Waals surface area contributed by atoms with Gasteiger partial charge < -0.3 is 15.1 Å². The van der Waals surface area contributed by atoms with Gasteiger partial charge in [0, 0.05) is 38.7 Å². The zero-order valence-corrected chi connectivity index (χ0v) is 12.1. The normalized spacial score (nSPS) is 15.9. The minimum Gasteiger partial charge on any atom is -0.381 e. The minimum absolute atomic E-state index is 0.0584. The number of nitrogens with zero attached hydrogens (tertiary/aromatic N) is 2. The van der Waals surface area contributed by atoms with Crippen molar-refractivity contribution < 1.29 is 9.53 Å². The second-order valence-corrected chi connectivity index (χ2v) is 5.26. The Kier molecular flexibility index (Phi) is 4.92. The van der Waals surface area contributed by atoms with E-state index < -0.39 is 0 Å². The van der Waals surface area contributed by atoms with Crippen molar-refractivity contribution in [1.29, 1.82) is 0 Å². The lowest BCUT2D eigenvalue weighted by Crippen LogP contribution is -2.34. The summed E-state index contributed by atoms with van der Waals surface area (Å²) in [5, 5.41) is 0. The van der Waals surface area contributed by atoms with Crippen LogP contribution >= 0.6 is 0 Å². The molecule has 20 heavy (non-hydrogen) atoms. The van der Waals surface area contributed by atoms with Crippen LogP contribution in [-0.4, -0.2) is 42.6 Å². The molecule has 110 valence electrons. The highest BCUT2D eigenvalue weighted by Crippen LogP contribution is 2.19. The van der Waals surface area contributed by atoms with Crippen LogP contribution in [0.4, 0.5) is 5.69 Å². The van der Waals surface area contributed by atoms with Crippen LogP contribution in [0, 0.1) is 12.8 Å². The molecule has 3 N–H and O–H groups in total. The van der Waals surface area contributed by atoms with Gasteiger partial charge in [-0.25, -0.2) is 0 Å². The highest BCUT2D eigenvalue weighted by Gasteiger charge is 2.21. The first-order valence-electron chi connectivity index (χ1n) is 6.88. The topological polar surface area (TPSA) is 80.5 Å². The molecule has 0 spiro atoms. The van der Waals surface area contributed by atoms with Gasteiger partial charge in [-0.3, -0.25) is 15.6 Å². The Hall–Kier alpha value is -1.66. The van der Waals surface area contributed by atoms with Crippen LogP contribution in [0.3, 0.4) is 0 Å². The van der Waals surface area contributed by atoms with E-state index in [4.69, 9.17) is 10.6 Å². The molecule has 0 aliphatic carbocycles. The summed E-state index contributed by atoms with van der Waals surface area (Å²) in [4.78, 5) is 18.4. The third kappa shape index (κ3) is 3.46. The van der Waals surface area contributed by atoms with E-state index in [0.717, 1.165) is 38.3 Å². The van der Waals surface area contributed by atoms with Gasteiger partial charge in [-0.1, -0.05) is 0 Å². The Bertz CT molecular complexity index is 472. The maximum Gasteiger partial charge on any atom is 0.257 e. The van der Waals surface area contributed by atoms with Crippen molar-refractivity contribution >= 4 is 11.6 Å². The number of aryl methyl sites for hydroxylation is 1. The number of nitrogen functional groups attached to an aromatic ring is 1. The van der Waals surface area contributed by atoms with E-state index in [2.05, 4.69) is 10.4 Å². The molecule has 0 unspecified atom stereocenters. The Morgan fingerprint density at radius 1 is 1.55 bits per heavy atom. The summed E-state index contributed by atoms with van der Waals surface area (Å²) < 4.78 is 5.34. The SMILES string of the molecule is Cc1cc(NN)c(C(=O)N(C)CC2CCOCC2)cn1. The maximum atomic E-state index is 12.5. The molecule has 0 saturated carbocycles. The molecule has 6 heteroatoms. The molecule has 0 atom stereocenters. The Morgan fingerprint density at radius 2 is 2.25 bits per heavy atom. The van der Waals surface area contributed by atoms with E-state index in [1.54, 1.807) is 17.2 Å². The lowest BCUT2D eigenvalue weighted by Gasteiger charge is -2.27. The second-order valence-electron chi connectivity index (χ2n) is 5.26. The monoisotopic (exact) mass is 278 g/mol. The van der Waals surface area contributed by atoms with Crippen molar-refractivity contribution in [3.8, 4) is 0 Å². The van der Waals surface area contributed by atoms with Crippen LogP contribution in [-0.2, 0) is 4.74 Å². The number of anilines is 1. The average Bonchev–Trinajstić information content (AvgIpc) is 2.47. The number of ether oxygens (including phenoxy) is 1. The van der Waals surface area contributed by atoms with Crippen molar-refractivity contribution in [3.05, 3.63) is 23.5 Å². The molecular formula is C14H22N4O2. The first kappa shape index (κ1) is 14.7. The molecule has 1 aromatic rings. The summed E-state index contributed by atoms with van der Waals surface area (Å²) in [6, 6.07) is 1.77. The molecule has 0 aromatic carbocycles. The van der Waals surface area contributed by atoms with Gasteiger partial charge in [0.1, 0.15) is 0 Å². The lowest BCUT2D eigenvalue weighted by molar-refractivity contribution is 0.0497. The molecule has 0 bridgehead atoms. The van der Waals surface area contributed by atoms with Gasteiger partial charge in [-0.05, 0) is 31.7 Å². The first-order chi connectivity index (χ1) is 9.61. The Morgan fingerprint density at radius 3 is 2.90 bits per heavy atom. The summed E-state index contributed by atoms with van der Waals surface area (Å²) in [7, 11) is 1.82. The number of rotatable bonds is 4. The number of carbonyl (C=O) groups is 1. The zero-order valence-electron chi connectivity index (χ0n) is 12.1. The Balaban J connectivity index is 2.05. The summed E-state index contributed by atoms with van der Waals surface area (Å²) in [5.41, 5.74) is 4.51. The predicted octanol–water partition coefficient (Wildman–Crippen LogP) is 1.17. The van der Waals surface area contributed by atoms with Crippen LogP contribution in [0.2, 0.25) is 0 Å². The van der Waals surface area contributed by atoms with Gasteiger partial charge in [-0.15, -0.1) is 0 Å². The van der Waals surface area contributed by atoms with Gasteiger partial charge in [-0.2, -0.15) is 0 Å².